The van der Waals surface area contributed by atoms with Gasteiger partial charge in [-0.05, 0) is 44.5 Å². The SMILES string of the molecule is Cc1cc(-c2ccncc2)nc(C2CCCCN2)n1. The van der Waals surface area contributed by atoms with Crippen molar-refractivity contribution in [2.75, 3.05) is 6.54 Å². The summed E-state index contributed by atoms with van der Waals surface area (Å²) in [6, 6.07) is 6.30. The molecule has 0 amide bonds. The zero-order valence-corrected chi connectivity index (χ0v) is 11.1. The van der Waals surface area contributed by atoms with E-state index in [-0.39, 0.29) is 0 Å². The number of rotatable bonds is 2. The Kier molecular flexibility index (Phi) is 3.51. The molecule has 1 aliphatic heterocycles. The molecule has 1 fully saturated rings. The number of piperidine rings is 1. The van der Waals surface area contributed by atoms with Crippen LogP contribution in [0.2, 0.25) is 0 Å². The molecule has 4 nitrogen and oxygen atoms in total. The minimum absolute atomic E-state index is 0.300. The van der Waals surface area contributed by atoms with E-state index in [1.165, 1.54) is 12.8 Å². The maximum atomic E-state index is 4.73. The number of pyridine rings is 1. The lowest BCUT2D eigenvalue weighted by atomic mass is 10.0. The number of aryl methyl sites for hydroxylation is 1. The molecule has 1 saturated heterocycles. The Bertz CT molecular complexity index is 547. The molecule has 1 N–H and O–H groups in total. The van der Waals surface area contributed by atoms with Gasteiger partial charge < -0.3 is 5.32 Å². The average Bonchev–Trinajstić information content (AvgIpc) is 2.48. The Balaban J connectivity index is 1.96. The Morgan fingerprint density at radius 1 is 1.16 bits per heavy atom. The van der Waals surface area contributed by atoms with Crippen molar-refractivity contribution in [3.63, 3.8) is 0 Å². The topological polar surface area (TPSA) is 50.7 Å². The van der Waals surface area contributed by atoms with Gasteiger partial charge in [0.25, 0.3) is 0 Å². The standard InChI is InChI=1S/C15H18N4/c1-11-10-14(12-5-8-16-9-6-12)19-15(18-11)13-4-2-3-7-17-13/h5-6,8-10,13,17H,2-4,7H2,1H3. The molecule has 0 spiro atoms. The maximum absolute atomic E-state index is 4.73. The van der Waals surface area contributed by atoms with Gasteiger partial charge in [-0.15, -0.1) is 0 Å². The molecule has 19 heavy (non-hydrogen) atoms. The van der Waals surface area contributed by atoms with Gasteiger partial charge in [0.1, 0.15) is 5.82 Å². The molecular formula is C15H18N4. The number of aromatic nitrogens is 3. The van der Waals surface area contributed by atoms with Crippen LogP contribution in [0.4, 0.5) is 0 Å². The van der Waals surface area contributed by atoms with Crippen LogP contribution in [0.15, 0.2) is 30.6 Å². The lowest BCUT2D eigenvalue weighted by molar-refractivity contribution is 0.397. The van der Waals surface area contributed by atoms with Crippen LogP contribution >= 0.6 is 0 Å². The summed E-state index contributed by atoms with van der Waals surface area (Å²) in [6.45, 7) is 3.09. The highest BCUT2D eigenvalue weighted by Gasteiger charge is 2.18. The quantitative estimate of drug-likeness (QED) is 0.895. The van der Waals surface area contributed by atoms with Gasteiger partial charge in [-0.25, -0.2) is 9.97 Å². The van der Waals surface area contributed by atoms with Gasteiger partial charge >= 0.3 is 0 Å². The van der Waals surface area contributed by atoms with Crippen molar-refractivity contribution in [2.24, 2.45) is 0 Å². The second kappa shape index (κ2) is 5.45. The predicted octanol–water partition coefficient (Wildman–Crippen LogP) is 2.66. The van der Waals surface area contributed by atoms with Crippen LogP contribution < -0.4 is 5.32 Å². The van der Waals surface area contributed by atoms with E-state index < -0.39 is 0 Å². The fraction of sp³-hybridized carbons (Fsp3) is 0.400. The Morgan fingerprint density at radius 3 is 2.74 bits per heavy atom. The van der Waals surface area contributed by atoms with Crippen LogP contribution in [0.1, 0.15) is 36.8 Å². The first-order chi connectivity index (χ1) is 9.33. The van der Waals surface area contributed by atoms with Crippen molar-refractivity contribution in [1.82, 2.24) is 20.3 Å². The van der Waals surface area contributed by atoms with Gasteiger partial charge in [-0.1, -0.05) is 6.42 Å². The first kappa shape index (κ1) is 12.2. The van der Waals surface area contributed by atoms with Gasteiger partial charge in [0.2, 0.25) is 0 Å². The van der Waals surface area contributed by atoms with E-state index in [4.69, 9.17) is 4.98 Å². The summed E-state index contributed by atoms with van der Waals surface area (Å²) in [4.78, 5) is 13.4. The van der Waals surface area contributed by atoms with E-state index >= 15 is 0 Å². The molecule has 3 rings (SSSR count). The highest BCUT2D eigenvalue weighted by Crippen LogP contribution is 2.23. The molecule has 1 unspecified atom stereocenters. The fourth-order valence-corrected chi connectivity index (χ4v) is 2.49. The third kappa shape index (κ3) is 2.79. The minimum Gasteiger partial charge on any atom is -0.307 e. The van der Waals surface area contributed by atoms with Crippen LogP contribution in [0.3, 0.4) is 0 Å². The predicted molar refractivity (Wildman–Crippen MR) is 74.6 cm³/mol. The zero-order chi connectivity index (χ0) is 13.1. The normalized spacial score (nSPS) is 19.3. The molecule has 1 atom stereocenters. The van der Waals surface area contributed by atoms with Crippen LogP contribution in [0, 0.1) is 6.92 Å². The molecular weight excluding hydrogens is 236 g/mol. The van der Waals surface area contributed by atoms with Crippen LogP contribution in [-0.4, -0.2) is 21.5 Å². The Morgan fingerprint density at radius 2 is 2.00 bits per heavy atom. The van der Waals surface area contributed by atoms with Crippen molar-refractivity contribution in [3.05, 3.63) is 42.1 Å². The minimum atomic E-state index is 0.300. The van der Waals surface area contributed by atoms with Crippen molar-refractivity contribution in [3.8, 4) is 11.3 Å². The third-order valence-corrected chi connectivity index (χ3v) is 3.47. The monoisotopic (exact) mass is 254 g/mol. The number of hydrogen-bond acceptors (Lipinski definition) is 4. The van der Waals surface area contributed by atoms with Gasteiger partial charge in [-0.2, -0.15) is 0 Å². The van der Waals surface area contributed by atoms with Crippen LogP contribution in [0.25, 0.3) is 11.3 Å². The summed E-state index contributed by atoms with van der Waals surface area (Å²) in [5.74, 6) is 0.923. The van der Waals surface area contributed by atoms with Gasteiger partial charge in [-0.3, -0.25) is 4.98 Å². The van der Waals surface area contributed by atoms with Gasteiger partial charge in [0.05, 0.1) is 11.7 Å². The Hall–Kier alpha value is -1.81. The van der Waals surface area contributed by atoms with E-state index in [0.29, 0.717) is 6.04 Å². The van der Waals surface area contributed by atoms with E-state index in [2.05, 4.69) is 15.3 Å². The average molecular weight is 254 g/mol. The zero-order valence-electron chi connectivity index (χ0n) is 11.1. The second-order valence-electron chi connectivity index (χ2n) is 4.99. The van der Waals surface area contributed by atoms with Gasteiger partial charge in [0, 0.05) is 23.7 Å². The maximum Gasteiger partial charge on any atom is 0.146 e. The summed E-state index contributed by atoms with van der Waals surface area (Å²) in [5, 5.41) is 3.50. The molecule has 3 heterocycles. The third-order valence-electron chi connectivity index (χ3n) is 3.47. The molecule has 0 radical (unpaired) electrons. The summed E-state index contributed by atoms with van der Waals surface area (Å²) >= 11 is 0. The molecule has 4 heteroatoms. The van der Waals surface area contributed by atoms with Crippen molar-refractivity contribution < 1.29 is 0 Å². The van der Waals surface area contributed by atoms with Crippen molar-refractivity contribution in [2.45, 2.75) is 32.2 Å². The number of nitrogens with zero attached hydrogens (tertiary/aromatic N) is 3. The molecule has 0 bridgehead atoms. The number of nitrogens with one attached hydrogen (secondary N) is 1. The lowest BCUT2D eigenvalue weighted by Crippen LogP contribution is -2.28. The first-order valence-electron chi connectivity index (χ1n) is 6.82. The molecule has 2 aromatic rings. The first-order valence-corrected chi connectivity index (χ1v) is 6.82. The highest BCUT2D eigenvalue weighted by atomic mass is 15.0. The smallest absolute Gasteiger partial charge is 0.146 e. The molecule has 0 aliphatic carbocycles. The summed E-state index contributed by atoms with van der Waals surface area (Å²) in [6.07, 6.45) is 7.22. The summed E-state index contributed by atoms with van der Waals surface area (Å²) in [5.41, 5.74) is 3.10. The van der Waals surface area contributed by atoms with E-state index in [1.807, 2.05) is 25.1 Å². The van der Waals surface area contributed by atoms with Crippen LogP contribution in [0.5, 0.6) is 0 Å². The lowest BCUT2D eigenvalue weighted by Gasteiger charge is -2.22. The van der Waals surface area contributed by atoms with E-state index in [0.717, 1.165) is 35.7 Å². The molecule has 98 valence electrons. The van der Waals surface area contributed by atoms with E-state index in [1.54, 1.807) is 12.4 Å². The largest absolute Gasteiger partial charge is 0.307 e. The summed E-state index contributed by atoms with van der Waals surface area (Å²) in [7, 11) is 0. The highest BCUT2D eigenvalue weighted by molar-refractivity contribution is 5.58. The molecule has 0 aromatic carbocycles. The Labute approximate surface area is 113 Å². The second-order valence-corrected chi connectivity index (χ2v) is 4.99. The molecule has 0 saturated carbocycles. The molecule has 1 aliphatic rings. The van der Waals surface area contributed by atoms with Crippen LogP contribution in [-0.2, 0) is 0 Å². The summed E-state index contributed by atoms with van der Waals surface area (Å²) < 4.78 is 0. The van der Waals surface area contributed by atoms with Gasteiger partial charge in [0.15, 0.2) is 0 Å². The number of hydrogen-bond donors (Lipinski definition) is 1. The molecule has 2 aromatic heterocycles. The van der Waals surface area contributed by atoms with E-state index in [9.17, 15) is 0 Å². The van der Waals surface area contributed by atoms with Crippen molar-refractivity contribution >= 4 is 0 Å². The fourth-order valence-electron chi connectivity index (χ4n) is 2.49. The van der Waals surface area contributed by atoms with Crippen molar-refractivity contribution in [1.29, 1.82) is 0 Å².